The van der Waals surface area contributed by atoms with Crippen LogP contribution in [0.25, 0.3) is 23.0 Å². The Balaban J connectivity index is 1.63. The number of aryl methyl sites for hydroxylation is 1. The Morgan fingerprint density at radius 1 is 1.07 bits per heavy atom. The molecule has 4 aromatic rings. The number of benzene rings is 1. The van der Waals surface area contributed by atoms with Gasteiger partial charge in [-0.3, -0.25) is 9.13 Å². The second-order valence-electron chi connectivity index (χ2n) is 7.20. The van der Waals surface area contributed by atoms with Crippen molar-refractivity contribution >= 4 is 5.82 Å². The van der Waals surface area contributed by atoms with Gasteiger partial charge in [0.2, 0.25) is 5.95 Å². The summed E-state index contributed by atoms with van der Waals surface area (Å²) in [6, 6.07) is 10.1. The lowest BCUT2D eigenvalue weighted by Crippen LogP contribution is -2.28. The number of nitrogens with zero attached hydrogens (tertiary/aromatic N) is 7. The second-order valence-corrected chi connectivity index (χ2v) is 7.20. The van der Waals surface area contributed by atoms with Crippen molar-refractivity contribution in [3.63, 3.8) is 0 Å². The fourth-order valence-electron chi connectivity index (χ4n) is 3.57. The number of rotatable bonds is 3. The Bertz CT molecular complexity index is 1140. The number of hydrogen-bond acceptors (Lipinski definition) is 6. The predicted molar refractivity (Wildman–Crippen MR) is 105 cm³/mol. The lowest BCUT2D eigenvalue weighted by Gasteiger charge is -2.29. The molecule has 0 saturated carbocycles. The highest BCUT2D eigenvalue weighted by Gasteiger charge is 2.31. The summed E-state index contributed by atoms with van der Waals surface area (Å²) in [7, 11) is 0. The molecular formula is C20H20N8. The summed E-state index contributed by atoms with van der Waals surface area (Å²) in [5.74, 6) is 4.20. The summed E-state index contributed by atoms with van der Waals surface area (Å²) in [6.07, 6.45) is 5.45. The molecule has 1 N–H and O–H groups in total. The van der Waals surface area contributed by atoms with Crippen LogP contribution in [0.5, 0.6) is 0 Å². The summed E-state index contributed by atoms with van der Waals surface area (Å²) in [5.41, 5.74) is 1.87. The van der Waals surface area contributed by atoms with E-state index in [1.165, 1.54) is 0 Å². The van der Waals surface area contributed by atoms with Gasteiger partial charge in [0.05, 0.1) is 12.2 Å². The highest BCUT2D eigenvalue weighted by molar-refractivity contribution is 5.62. The smallest absolute Gasteiger partial charge is 0.237 e. The fourth-order valence-corrected chi connectivity index (χ4v) is 3.57. The quantitative estimate of drug-likeness (QED) is 0.594. The minimum absolute atomic E-state index is 0.0350. The van der Waals surface area contributed by atoms with E-state index in [-0.39, 0.29) is 6.04 Å². The molecule has 0 aliphatic carbocycles. The molecule has 0 fully saturated rings. The standard InChI is InChI=1S/C20H20N8/c1-12(2)16-19-26-25-13(3)28(19)15-11-22-20(24-17(15)23-16)27-10-9-21-18(27)14-7-5-4-6-8-14/h4-12,16H,1-3H3,(H,22,23,24). The lowest BCUT2D eigenvalue weighted by molar-refractivity contribution is 0.502. The van der Waals surface area contributed by atoms with Gasteiger partial charge in [-0.15, -0.1) is 10.2 Å². The molecule has 0 amide bonds. The SMILES string of the molecule is Cc1nnc2n1-c1cnc(-n3ccnc3-c3ccccc3)nc1NC2C(C)C. The molecule has 28 heavy (non-hydrogen) atoms. The summed E-state index contributed by atoms with van der Waals surface area (Å²) in [4.78, 5) is 13.9. The number of nitrogens with one attached hydrogen (secondary N) is 1. The average molecular weight is 372 g/mol. The molecule has 1 aliphatic rings. The molecule has 5 rings (SSSR count). The van der Waals surface area contributed by atoms with E-state index < -0.39 is 0 Å². The Hall–Kier alpha value is -3.55. The summed E-state index contributed by atoms with van der Waals surface area (Å²) >= 11 is 0. The second kappa shape index (κ2) is 6.26. The van der Waals surface area contributed by atoms with Crippen LogP contribution in [0.1, 0.15) is 31.5 Å². The summed E-state index contributed by atoms with van der Waals surface area (Å²) < 4.78 is 3.93. The van der Waals surface area contributed by atoms with Crippen molar-refractivity contribution in [2.45, 2.75) is 26.8 Å². The van der Waals surface area contributed by atoms with E-state index in [0.29, 0.717) is 11.9 Å². The average Bonchev–Trinajstić information content (AvgIpc) is 3.35. The molecule has 1 atom stereocenters. The van der Waals surface area contributed by atoms with E-state index >= 15 is 0 Å². The third-order valence-electron chi connectivity index (χ3n) is 4.97. The minimum Gasteiger partial charge on any atom is -0.358 e. The van der Waals surface area contributed by atoms with E-state index in [1.807, 2.05) is 58.8 Å². The lowest BCUT2D eigenvalue weighted by atomic mass is 10.0. The first-order valence-electron chi connectivity index (χ1n) is 9.28. The van der Waals surface area contributed by atoms with E-state index in [1.54, 1.807) is 6.20 Å². The molecule has 0 bridgehead atoms. The van der Waals surface area contributed by atoms with Crippen LogP contribution in [0, 0.1) is 12.8 Å². The normalized spacial score (nSPS) is 15.2. The van der Waals surface area contributed by atoms with Crippen LogP contribution in [0.4, 0.5) is 5.82 Å². The minimum atomic E-state index is 0.0350. The number of aromatic nitrogens is 7. The maximum absolute atomic E-state index is 4.82. The topological polar surface area (TPSA) is 86.3 Å². The third kappa shape index (κ3) is 2.49. The zero-order valence-electron chi connectivity index (χ0n) is 15.9. The molecule has 0 saturated heterocycles. The van der Waals surface area contributed by atoms with Crippen molar-refractivity contribution in [3.05, 3.63) is 60.6 Å². The largest absolute Gasteiger partial charge is 0.358 e. The fraction of sp³-hybridized carbons (Fsp3) is 0.250. The molecule has 8 heteroatoms. The number of hydrogen-bond donors (Lipinski definition) is 1. The van der Waals surface area contributed by atoms with Crippen LogP contribution < -0.4 is 5.32 Å². The Kier molecular flexibility index (Phi) is 3.71. The predicted octanol–water partition coefficient (Wildman–Crippen LogP) is 3.34. The third-order valence-corrected chi connectivity index (χ3v) is 4.97. The monoisotopic (exact) mass is 372 g/mol. The molecule has 3 aromatic heterocycles. The van der Waals surface area contributed by atoms with Gasteiger partial charge in [-0.1, -0.05) is 44.2 Å². The molecule has 0 spiro atoms. The molecule has 140 valence electrons. The van der Waals surface area contributed by atoms with Crippen molar-refractivity contribution < 1.29 is 0 Å². The van der Waals surface area contributed by atoms with Crippen molar-refractivity contribution in [2.75, 3.05) is 5.32 Å². The highest BCUT2D eigenvalue weighted by atomic mass is 15.3. The van der Waals surface area contributed by atoms with E-state index in [2.05, 4.69) is 39.3 Å². The number of anilines is 1. The summed E-state index contributed by atoms with van der Waals surface area (Å²) in [5, 5.41) is 12.1. The van der Waals surface area contributed by atoms with Crippen LogP contribution >= 0.6 is 0 Å². The maximum Gasteiger partial charge on any atom is 0.237 e. The Morgan fingerprint density at radius 2 is 1.89 bits per heavy atom. The first-order chi connectivity index (χ1) is 13.6. The first kappa shape index (κ1) is 16.6. The number of imidazole rings is 1. The van der Waals surface area contributed by atoms with E-state index in [4.69, 9.17) is 4.98 Å². The van der Waals surface area contributed by atoms with Gasteiger partial charge >= 0.3 is 0 Å². The van der Waals surface area contributed by atoms with Crippen molar-refractivity contribution in [3.8, 4) is 23.0 Å². The van der Waals surface area contributed by atoms with Crippen molar-refractivity contribution in [1.82, 2.24) is 34.3 Å². The zero-order chi connectivity index (χ0) is 19.3. The molecule has 1 aromatic carbocycles. The molecule has 8 nitrogen and oxygen atoms in total. The summed E-state index contributed by atoms with van der Waals surface area (Å²) in [6.45, 7) is 6.26. The molecule has 0 radical (unpaired) electrons. The molecule has 1 aliphatic heterocycles. The van der Waals surface area contributed by atoms with Gasteiger partial charge in [-0.25, -0.2) is 9.97 Å². The Labute approximate surface area is 162 Å². The van der Waals surface area contributed by atoms with Gasteiger partial charge in [0, 0.05) is 18.0 Å². The van der Waals surface area contributed by atoms with Crippen LogP contribution in [-0.2, 0) is 0 Å². The van der Waals surface area contributed by atoms with Gasteiger partial charge in [0.15, 0.2) is 11.6 Å². The highest BCUT2D eigenvalue weighted by Crippen LogP contribution is 2.35. The Morgan fingerprint density at radius 3 is 2.68 bits per heavy atom. The van der Waals surface area contributed by atoms with Crippen molar-refractivity contribution in [1.29, 1.82) is 0 Å². The van der Waals surface area contributed by atoms with E-state index in [9.17, 15) is 0 Å². The van der Waals surface area contributed by atoms with Gasteiger partial charge < -0.3 is 5.32 Å². The molecule has 1 unspecified atom stereocenters. The van der Waals surface area contributed by atoms with Crippen LogP contribution in [0.2, 0.25) is 0 Å². The van der Waals surface area contributed by atoms with Crippen LogP contribution in [-0.4, -0.2) is 34.3 Å². The van der Waals surface area contributed by atoms with Crippen LogP contribution in [0.3, 0.4) is 0 Å². The van der Waals surface area contributed by atoms with Gasteiger partial charge in [-0.05, 0) is 12.8 Å². The maximum atomic E-state index is 4.82. The zero-order valence-corrected chi connectivity index (χ0v) is 15.9. The van der Waals surface area contributed by atoms with Crippen molar-refractivity contribution in [2.24, 2.45) is 5.92 Å². The van der Waals surface area contributed by atoms with E-state index in [0.717, 1.165) is 34.5 Å². The molecular weight excluding hydrogens is 352 g/mol. The molecule has 4 heterocycles. The van der Waals surface area contributed by atoms with Gasteiger partial charge in [0.1, 0.15) is 17.3 Å². The van der Waals surface area contributed by atoms with Crippen LogP contribution in [0.15, 0.2) is 48.9 Å². The van der Waals surface area contributed by atoms with Gasteiger partial charge in [-0.2, -0.15) is 4.98 Å². The number of fused-ring (bicyclic) bond motifs is 3. The first-order valence-corrected chi connectivity index (χ1v) is 9.28. The van der Waals surface area contributed by atoms with Gasteiger partial charge in [0.25, 0.3) is 0 Å².